The molecule has 1 aliphatic carbocycles. The average Bonchev–Trinajstić information content (AvgIpc) is 2.97. The van der Waals surface area contributed by atoms with Gasteiger partial charge in [0.25, 0.3) is 5.91 Å². The van der Waals surface area contributed by atoms with Crippen LogP contribution in [0.5, 0.6) is 5.75 Å². The van der Waals surface area contributed by atoms with Crippen LogP contribution < -0.4 is 5.32 Å². The van der Waals surface area contributed by atoms with Gasteiger partial charge in [-0.2, -0.15) is 0 Å². The molecule has 2 aromatic rings. The van der Waals surface area contributed by atoms with Gasteiger partial charge in [0.05, 0.1) is 17.9 Å². The van der Waals surface area contributed by atoms with E-state index in [0.717, 1.165) is 24.0 Å². The zero-order valence-corrected chi connectivity index (χ0v) is 10.6. The van der Waals surface area contributed by atoms with Crippen molar-refractivity contribution in [2.75, 3.05) is 0 Å². The number of amides is 1. The first-order chi connectivity index (χ1) is 9.16. The Hall–Kier alpha value is -2.23. The minimum atomic E-state index is -0.132. The van der Waals surface area contributed by atoms with Crippen LogP contribution in [0.2, 0.25) is 0 Å². The molecule has 1 aromatic heterocycles. The van der Waals surface area contributed by atoms with E-state index >= 15 is 0 Å². The lowest BCUT2D eigenvalue weighted by atomic mass is 10.1. The molecule has 4 nitrogen and oxygen atoms in total. The highest BCUT2D eigenvalue weighted by atomic mass is 16.3. The fourth-order valence-corrected chi connectivity index (χ4v) is 2.64. The number of aromatic hydroxyl groups is 1. The van der Waals surface area contributed by atoms with Crippen molar-refractivity contribution < 1.29 is 14.3 Å². The van der Waals surface area contributed by atoms with Crippen molar-refractivity contribution >= 4 is 5.91 Å². The minimum Gasteiger partial charge on any atom is -0.508 e. The number of phenolic OH excluding ortho intramolecular Hbond substituents is 1. The second-order valence-electron chi connectivity index (χ2n) is 4.80. The Morgan fingerprint density at radius 2 is 2.26 bits per heavy atom. The molecule has 1 atom stereocenters. The van der Waals surface area contributed by atoms with Crippen LogP contribution in [0.25, 0.3) is 0 Å². The van der Waals surface area contributed by atoms with Crippen molar-refractivity contribution in [2.24, 2.45) is 0 Å². The molecule has 0 saturated carbocycles. The van der Waals surface area contributed by atoms with E-state index in [2.05, 4.69) is 5.32 Å². The lowest BCUT2D eigenvalue weighted by Crippen LogP contribution is -2.27. The summed E-state index contributed by atoms with van der Waals surface area (Å²) < 4.78 is 5.14. The van der Waals surface area contributed by atoms with E-state index in [9.17, 15) is 9.90 Å². The monoisotopic (exact) mass is 257 g/mol. The maximum Gasteiger partial charge on any atom is 0.255 e. The summed E-state index contributed by atoms with van der Waals surface area (Å²) in [4.78, 5) is 12.1. The van der Waals surface area contributed by atoms with E-state index in [0.29, 0.717) is 17.1 Å². The minimum absolute atomic E-state index is 0.0381. The van der Waals surface area contributed by atoms with E-state index in [4.69, 9.17) is 4.42 Å². The van der Waals surface area contributed by atoms with Crippen molar-refractivity contribution in [1.29, 1.82) is 0 Å². The largest absolute Gasteiger partial charge is 0.508 e. The first kappa shape index (κ1) is 11.8. The smallest absolute Gasteiger partial charge is 0.255 e. The molecule has 1 amide bonds. The zero-order chi connectivity index (χ0) is 13.4. The Morgan fingerprint density at radius 3 is 3.00 bits per heavy atom. The topological polar surface area (TPSA) is 62.5 Å². The highest BCUT2D eigenvalue weighted by Gasteiger charge is 2.26. The van der Waals surface area contributed by atoms with Gasteiger partial charge in [-0.05, 0) is 43.0 Å². The van der Waals surface area contributed by atoms with Crippen LogP contribution in [0.15, 0.2) is 34.9 Å². The summed E-state index contributed by atoms with van der Waals surface area (Å²) in [5.41, 5.74) is 2.51. The second kappa shape index (κ2) is 4.46. The fraction of sp³-hybridized carbons (Fsp3) is 0.267. The third-order valence-corrected chi connectivity index (χ3v) is 3.65. The Labute approximate surface area is 111 Å². The van der Waals surface area contributed by atoms with E-state index in [-0.39, 0.29) is 11.9 Å². The molecular formula is C15H15NO3. The third kappa shape index (κ3) is 1.99. The number of phenols is 1. The average molecular weight is 257 g/mol. The van der Waals surface area contributed by atoms with Gasteiger partial charge in [-0.3, -0.25) is 4.79 Å². The maximum atomic E-state index is 12.1. The molecule has 4 heteroatoms. The van der Waals surface area contributed by atoms with Crippen molar-refractivity contribution in [2.45, 2.75) is 25.8 Å². The van der Waals surface area contributed by atoms with E-state index in [1.54, 1.807) is 19.1 Å². The molecule has 0 aliphatic heterocycles. The lowest BCUT2D eigenvalue weighted by molar-refractivity contribution is 0.0935. The Kier molecular flexibility index (Phi) is 2.78. The third-order valence-electron chi connectivity index (χ3n) is 3.65. The van der Waals surface area contributed by atoms with E-state index in [1.165, 1.54) is 6.26 Å². The van der Waals surface area contributed by atoms with Gasteiger partial charge < -0.3 is 14.8 Å². The van der Waals surface area contributed by atoms with Gasteiger partial charge >= 0.3 is 0 Å². The normalized spacial score (nSPS) is 17.2. The number of nitrogens with one attached hydrogen (secondary N) is 1. The van der Waals surface area contributed by atoms with E-state index < -0.39 is 0 Å². The number of carbonyl (C=O) groups is 1. The van der Waals surface area contributed by atoms with Crippen LogP contribution >= 0.6 is 0 Å². The number of carbonyl (C=O) groups excluding carboxylic acids is 1. The molecule has 98 valence electrons. The number of benzene rings is 1. The van der Waals surface area contributed by atoms with Gasteiger partial charge in [-0.1, -0.05) is 12.1 Å². The first-order valence-corrected chi connectivity index (χ1v) is 6.32. The van der Waals surface area contributed by atoms with Crippen LogP contribution in [0, 0.1) is 6.92 Å². The summed E-state index contributed by atoms with van der Waals surface area (Å²) >= 11 is 0. The second-order valence-corrected chi connectivity index (χ2v) is 4.80. The molecule has 0 radical (unpaired) electrons. The number of hydrogen-bond acceptors (Lipinski definition) is 3. The molecular weight excluding hydrogens is 242 g/mol. The van der Waals surface area contributed by atoms with Crippen LogP contribution in [-0.2, 0) is 6.42 Å². The molecule has 0 bridgehead atoms. The number of furan rings is 1. The van der Waals surface area contributed by atoms with E-state index in [1.807, 2.05) is 12.1 Å². The maximum absolute atomic E-state index is 12.1. The van der Waals surface area contributed by atoms with Crippen molar-refractivity contribution in [3.8, 4) is 5.75 Å². The summed E-state index contributed by atoms with van der Waals surface area (Å²) in [5, 5.41) is 12.8. The van der Waals surface area contributed by atoms with Gasteiger partial charge in [-0.15, -0.1) is 0 Å². The van der Waals surface area contributed by atoms with Crippen molar-refractivity contribution in [1.82, 2.24) is 5.32 Å². The fourth-order valence-electron chi connectivity index (χ4n) is 2.64. The summed E-state index contributed by atoms with van der Waals surface area (Å²) in [6.45, 7) is 1.77. The Bertz CT molecular complexity index is 630. The summed E-state index contributed by atoms with van der Waals surface area (Å²) in [6, 6.07) is 7.08. The Balaban J connectivity index is 1.82. The molecule has 3 rings (SSSR count). The van der Waals surface area contributed by atoms with Crippen LogP contribution in [0.1, 0.15) is 39.7 Å². The quantitative estimate of drug-likeness (QED) is 0.869. The molecule has 1 aromatic carbocycles. The molecule has 1 aliphatic rings. The SMILES string of the molecule is Cc1occc1C(=O)NC1CCc2c(O)cccc21. The summed E-state index contributed by atoms with van der Waals surface area (Å²) in [7, 11) is 0. The summed E-state index contributed by atoms with van der Waals surface area (Å²) in [6.07, 6.45) is 3.12. The van der Waals surface area contributed by atoms with Crippen molar-refractivity contribution in [3.63, 3.8) is 0 Å². The molecule has 2 N–H and O–H groups in total. The highest BCUT2D eigenvalue weighted by Crippen LogP contribution is 2.36. The standard InChI is InChI=1S/C15H15NO3/c1-9-10(7-8-19-9)15(18)16-13-6-5-12-11(13)3-2-4-14(12)17/h2-4,7-8,13,17H,5-6H2,1H3,(H,16,18). The molecule has 19 heavy (non-hydrogen) atoms. The van der Waals surface area contributed by atoms with Crippen LogP contribution in [0.3, 0.4) is 0 Å². The molecule has 0 saturated heterocycles. The zero-order valence-electron chi connectivity index (χ0n) is 10.6. The van der Waals surface area contributed by atoms with Gasteiger partial charge in [0.15, 0.2) is 0 Å². The van der Waals surface area contributed by atoms with Crippen LogP contribution in [0.4, 0.5) is 0 Å². The first-order valence-electron chi connectivity index (χ1n) is 6.32. The van der Waals surface area contributed by atoms with Gasteiger partial charge in [-0.25, -0.2) is 0 Å². The van der Waals surface area contributed by atoms with Crippen molar-refractivity contribution in [3.05, 3.63) is 53.0 Å². The highest BCUT2D eigenvalue weighted by molar-refractivity contribution is 5.95. The number of hydrogen-bond donors (Lipinski definition) is 2. The molecule has 0 spiro atoms. The number of fused-ring (bicyclic) bond motifs is 1. The predicted octanol–water partition coefficient (Wildman–Crippen LogP) is 2.71. The molecule has 0 fully saturated rings. The van der Waals surface area contributed by atoms with Gasteiger partial charge in [0.2, 0.25) is 0 Å². The summed E-state index contributed by atoms with van der Waals surface area (Å²) in [5.74, 6) is 0.799. The van der Waals surface area contributed by atoms with Gasteiger partial charge in [0, 0.05) is 0 Å². The van der Waals surface area contributed by atoms with Gasteiger partial charge in [0.1, 0.15) is 11.5 Å². The number of rotatable bonds is 2. The lowest BCUT2D eigenvalue weighted by Gasteiger charge is -2.14. The Morgan fingerprint density at radius 1 is 1.42 bits per heavy atom. The molecule has 1 heterocycles. The number of aryl methyl sites for hydroxylation is 1. The molecule has 1 unspecified atom stereocenters. The predicted molar refractivity (Wildman–Crippen MR) is 70.1 cm³/mol. The van der Waals surface area contributed by atoms with Crippen LogP contribution in [-0.4, -0.2) is 11.0 Å².